The fraction of sp³-hybridized carbons (Fsp3) is 0.364. The van der Waals surface area contributed by atoms with Gasteiger partial charge in [-0.25, -0.2) is 0 Å². The molecule has 17 heavy (non-hydrogen) atoms. The van der Waals surface area contributed by atoms with E-state index < -0.39 is 13.1 Å². The van der Waals surface area contributed by atoms with E-state index in [1.165, 1.54) is 0 Å². The molecule has 94 valence electrons. The van der Waals surface area contributed by atoms with E-state index in [0.29, 0.717) is 0 Å². The summed E-state index contributed by atoms with van der Waals surface area (Å²) in [6.45, 7) is 3.33. The van der Waals surface area contributed by atoms with Crippen molar-refractivity contribution in [1.29, 1.82) is 0 Å². The van der Waals surface area contributed by atoms with Crippen LogP contribution in [0.2, 0.25) is 0 Å². The molecule has 0 N–H and O–H groups in total. The van der Waals surface area contributed by atoms with Crippen LogP contribution in [-0.2, 0) is 20.7 Å². The third-order valence-electron chi connectivity index (χ3n) is 1.97. The largest absolute Gasteiger partial charge is 0.480 e. The molecule has 1 unspecified atom stereocenters. The summed E-state index contributed by atoms with van der Waals surface area (Å²) >= 11 is 0. The molecule has 0 spiro atoms. The van der Waals surface area contributed by atoms with E-state index in [0.717, 1.165) is 11.3 Å². The van der Waals surface area contributed by atoms with Gasteiger partial charge in [0, 0.05) is 0 Å². The summed E-state index contributed by atoms with van der Waals surface area (Å²) in [4.78, 5) is 11.3. The van der Waals surface area contributed by atoms with Crippen LogP contribution in [0, 0.1) is 0 Å². The van der Waals surface area contributed by atoms with E-state index in [2.05, 4.69) is 9.47 Å². The summed E-state index contributed by atoms with van der Waals surface area (Å²) in [5, 5.41) is 0. The second kappa shape index (κ2) is 6.18. The average molecular weight is 274 g/mol. The van der Waals surface area contributed by atoms with Crippen LogP contribution in [0.3, 0.4) is 0 Å². The second-order valence-corrected chi connectivity index (χ2v) is 7.85. The number of benzene rings is 1. The number of esters is 1. The summed E-state index contributed by atoms with van der Waals surface area (Å²) < 4.78 is 21.4. The smallest absolute Gasteiger partial charge is 0.313 e. The van der Waals surface area contributed by atoms with Crippen LogP contribution in [0.4, 0.5) is 0 Å². The van der Waals surface area contributed by atoms with Crippen molar-refractivity contribution in [2.45, 2.75) is 6.61 Å². The zero-order valence-corrected chi connectivity index (χ0v) is 11.9. The molecule has 1 aromatic rings. The lowest BCUT2D eigenvalue weighted by Crippen LogP contribution is -2.09. The summed E-state index contributed by atoms with van der Waals surface area (Å²) in [6.07, 6.45) is -0.0141. The molecule has 1 atom stereocenters. The Balaban J connectivity index is 2.45. The molecule has 0 aliphatic carbocycles. The number of hydrogen-bond acceptors (Lipinski definition) is 4. The van der Waals surface area contributed by atoms with Crippen LogP contribution >= 0.6 is 16.6 Å². The first kappa shape index (κ1) is 14.2. The Morgan fingerprint density at radius 1 is 1.29 bits per heavy atom. The van der Waals surface area contributed by atoms with E-state index in [9.17, 15) is 9.36 Å². The summed E-state index contributed by atoms with van der Waals surface area (Å²) in [5.74, 6) is 0.293. The van der Waals surface area contributed by atoms with Crippen molar-refractivity contribution >= 4 is 22.6 Å². The van der Waals surface area contributed by atoms with Gasteiger partial charge in [0.15, 0.2) is 0 Å². The minimum absolute atomic E-state index is 0.0141. The quantitative estimate of drug-likeness (QED) is 0.611. The third kappa shape index (κ3) is 5.86. The monoisotopic (exact) mass is 274 g/mol. The maximum absolute atomic E-state index is 11.4. The lowest BCUT2D eigenvalue weighted by atomic mass is 10.2. The Kier molecular flexibility index (Phi) is 5.17. The van der Waals surface area contributed by atoms with E-state index in [4.69, 9.17) is 9.26 Å². The fourth-order valence-corrected chi connectivity index (χ4v) is 2.05. The molecule has 0 amide bonds. The molecule has 6 heteroatoms. The normalized spacial score (nSPS) is 11.0. The third-order valence-corrected chi connectivity index (χ3v) is 3.26. The van der Waals surface area contributed by atoms with Crippen LogP contribution < -0.4 is 4.52 Å². The second-order valence-electron chi connectivity index (χ2n) is 4.15. The van der Waals surface area contributed by atoms with Crippen LogP contribution in [-0.4, -0.2) is 25.5 Å². The van der Waals surface area contributed by atoms with Crippen molar-refractivity contribution in [3.8, 4) is 5.75 Å². The molecule has 1 rings (SSSR count). The lowest BCUT2D eigenvalue weighted by molar-refractivity contribution is -0.141. The average Bonchev–Trinajstić information content (AvgIpc) is 2.25. The minimum Gasteiger partial charge on any atom is -0.480 e. The van der Waals surface area contributed by atoms with E-state index in [1.807, 2.05) is 12.1 Å². The zero-order valence-electron chi connectivity index (χ0n) is 9.88. The van der Waals surface area contributed by atoms with Crippen molar-refractivity contribution in [3.05, 3.63) is 29.8 Å². The SMILES string of the molecule is CP(C)(=O)CC(=O)OCc1ccc(OP)cc1. The Hall–Kier alpha value is -0.850. The highest BCUT2D eigenvalue weighted by molar-refractivity contribution is 7.63. The van der Waals surface area contributed by atoms with Crippen molar-refractivity contribution in [1.82, 2.24) is 0 Å². The van der Waals surface area contributed by atoms with E-state index >= 15 is 0 Å². The van der Waals surface area contributed by atoms with Gasteiger partial charge in [0.1, 0.15) is 12.4 Å². The predicted molar refractivity (Wildman–Crippen MR) is 70.9 cm³/mol. The van der Waals surface area contributed by atoms with Gasteiger partial charge in [-0.1, -0.05) is 12.1 Å². The highest BCUT2D eigenvalue weighted by Crippen LogP contribution is 2.35. The number of hydrogen-bond donors (Lipinski definition) is 0. The molecule has 0 fully saturated rings. The van der Waals surface area contributed by atoms with Gasteiger partial charge in [-0.3, -0.25) is 4.79 Å². The fourth-order valence-electron chi connectivity index (χ4n) is 1.18. The minimum atomic E-state index is -2.35. The summed E-state index contributed by atoms with van der Waals surface area (Å²) in [5.41, 5.74) is 0.867. The first-order valence-corrected chi connectivity index (χ1v) is 8.32. The molecule has 0 aliphatic rings. The number of carbonyl (C=O) groups is 1. The van der Waals surface area contributed by atoms with Crippen molar-refractivity contribution in [3.63, 3.8) is 0 Å². The van der Waals surface area contributed by atoms with Crippen molar-refractivity contribution in [2.24, 2.45) is 0 Å². The van der Waals surface area contributed by atoms with Crippen LogP contribution in [0.5, 0.6) is 5.75 Å². The first-order valence-electron chi connectivity index (χ1n) is 5.06. The van der Waals surface area contributed by atoms with Gasteiger partial charge < -0.3 is 13.8 Å². The van der Waals surface area contributed by atoms with E-state index in [1.54, 1.807) is 25.5 Å². The first-order chi connectivity index (χ1) is 7.90. The van der Waals surface area contributed by atoms with Gasteiger partial charge in [0.2, 0.25) is 0 Å². The molecule has 0 heterocycles. The Bertz CT molecular complexity index is 422. The van der Waals surface area contributed by atoms with Gasteiger partial charge in [-0.15, -0.1) is 0 Å². The summed E-state index contributed by atoms with van der Waals surface area (Å²) in [6, 6.07) is 7.18. The Morgan fingerprint density at radius 2 is 1.88 bits per heavy atom. The maximum Gasteiger partial charge on any atom is 0.313 e. The number of ether oxygens (including phenoxy) is 1. The van der Waals surface area contributed by atoms with Gasteiger partial charge in [-0.05, 0) is 31.0 Å². The molecule has 0 aliphatic heterocycles. The highest BCUT2D eigenvalue weighted by Gasteiger charge is 2.14. The van der Waals surface area contributed by atoms with Crippen LogP contribution in [0.25, 0.3) is 0 Å². The predicted octanol–water partition coefficient (Wildman–Crippen LogP) is 2.52. The molecule has 0 saturated carbocycles. The van der Waals surface area contributed by atoms with Crippen LogP contribution in [0.1, 0.15) is 5.56 Å². The molecule has 0 saturated heterocycles. The highest BCUT2D eigenvalue weighted by atomic mass is 31.2. The lowest BCUT2D eigenvalue weighted by Gasteiger charge is -2.08. The molecular weight excluding hydrogens is 258 g/mol. The topological polar surface area (TPSA) is 52.6 Å². The van der Waals surface area contributed by atoms with Crippen molar-refractivity contribution < 1.29 is 18.6 Å². The van der Waals surface area contributed by atoms with Gasteiger partial charge in [0.05, 0.1) is 22.8 Å². The molecule has 4 nitrogen and oxygen atoms in total. The van der Waals surface area contributed by atoms with E-state index in [-0.39, 0.29) is 12.8 Å². The standard InChI is InChI=1S/C11H16O4P2/c1-17(2,13)8-11(12)14-7-9-3-5-10(15-16)6-4-9/h3-6H,7-8,16H2,1-2H3. The number of rotatable bonds is 5. The number of carbonyl (C=O) groups excluding carboxylic acids is 1. The Morgan fingerprint density at radius 3 is 2.35 bits per heavy atom. The van der Waals surface area contributed by atoms with Gasteiger partial charge >= 0.3 is 5.97 Å². The van der Waals surface area contributed by atoms with Crippen LogP contribution in [0.15, 0.2) is 24.3 Å². The molecule has 0 radical (unpaired) electrons. The molecular formula is C11H16O4P2. The van der Waals surface area contributed by atoms with Gasteiger partial charge in [-0.2, -0.15) is 0 Å². The maximum atomic E-state index is 11.4. The molecule has 0 bridgehead atoms. The summed E-state index contributed by atoms with van der Waals surface area (Å²) in [7, 11) is -0.197. The zero-order chi connectivity index (χ0) is 12.9. The van der Waals surface area contributed by atoms with Crippen molar-refractivity contribution in [2.75, 3.05) is 19.5 Å². The van der Waals surface area contributed by atoms with Gasteiger partial charge in [0.25, 0.3) is 0 Å². The molecule has 0 aromatic heterocycles. The molecule has 1 aromatic carbocycles. The Labute approximate surface area is 103 Å².